The van der Waals surface area contributed by atoms with Gasteiger partial charge >= 0.3 is 6.18 Å². The van der Waals surface area contributed by atoms with E-state index in [9.17, 15) is 28.1 Å². The number of carbonyl (C=O) groups excluding carboxylic acids is 1. The first-order chi connectivity index (χ1) is 16.4. The smallest absolute Gasteiger partial charge is 0.397 e. The number of anilines is 1. The van der Waals surface area contributed by atoms with E-state index in [4.69, 9.17) is 33.5 Å². The van der Waals surface area contributed by atoms with Crippen LogP contribution in [-0.2, 0) is 6.18 Å². The third kappa shape index (κ3) is 8.80. The van der Waals surface area contributed by atoms with E-state index < -0.39 is 22.4 Å². The Labute approximate surface area is 208 Å². The zero-order valence-corrected chi connectivity index (χ0v) is 19.8. The van der Waals surface area contributed by atoms with Crippen molar-refractivity contribution in [1.29, 1.82) is 0 Å². The van der Waals surface area contributed by atoms with Crippen LogP contribution in [0, 0.1) is 17.0 Å². The minimum absolute atomic E-state index is 0.0272. The summed E-state index contributed by atoms with van der Waals surface area (Å²) >= 11 is 11.1. The molecule has 3 rings (SSSR count). The Kier molecular flexibility index (Phi) is 11.6. The maximum Gasteiger partial charge on any atom is 0.417 e. The van der Waals surface area contributed by atoms with E-state index in [0.29, 0.717) is 5.56 Å². The molecule has 0 amide bonds. The van der Waals surface area contributed by atoms with Gasteiger partial charge in [0.05, 0.1) is 26.2 Å². The van der Waals surface area contributed by atoms with Gasteiger partial charge in [0.25, 0.3) is 5.69 Å². The lowest BCUT2D eigenvalue weighted by Gasteiger charge is -2.08. The van der Waals surface area contributed by atoms with Crippen LogP contribution in [0.1, 0.15) is 34.1 Å². The van der Waals surface area contributed by atoms with Crippen molar-refractivity contribution in [3.8, 4) is 0 Å². The minimum Gasteiger partial charge on any atom is -0.397 e. The first-order valence-corrected chi connectivity index (χ1v) is 10.4. The van der Waals surface area contributed by atoms with E-state index in [1.54, 1.807) is 19.3 Å². The lowest BCUT2D eigenvalue weighted by molar-refractivity contribution is -0.385. The van der Waals surface area contributed by atoms with E-state index in [1.165, 1.54) is 48.7 Å². The summed E-state index contributed by atoms with van der Waals surface area (Å²) in [6.07, 6.45) is -3.15. The van der Waals surface area contributed by atoms with E-state index in [0.717, 1.165) is 6.07 Å². The van der Waals surface area contributed by atoms with Crippen LogP contribution in [0.25, 0.3) is 0 Å². The Morgan fingerprint density at radius 3 is 2.29 bits per heavy atom. The molecule has 0 aliphatic rings. The predicted molar refractivity (Wildman–Crippen MR) is 125 cm³/mol. The maximum atomic E-state index is 12.3. The van der Waals surface area contributed by atoms with Gasteiger partial charge in [-0.05, 0) is 38.1 Å². The number of aromatic nitrogens is 1. The molecular weight excluding hydrogens is 514 g/mol. The van der Waals surface area contributed by atoms with Crippen LogP contribution in [0.5, 0.6) is 0 Å². The fraction of sp³-hybridized carbons (Fsp3) is 0.182. The molecule has 0 saturated carbocycles. The van der Waals surface area contributed by atoms with Crippen molar-refractivity contribution in [1.82, 2.24) is 4.98 Å². The summed E-state index contributed by atoms with van der Waals surface area (Å²) in [6.45, 7) is 3.52. The molecule has 1 aromatic heterocycles. The van der Waals surface area contributed by atoms with Gasteiger partial charge in [0, 0.05) is 18.9 Å². The van der Waals surface area contributed by atoms with Crippen LogP contribution >= 0.6 is 23.2 Å². The van der Waals surface area contributed by atoms with Crippen LogP contribution in [0.3, 0.4) is 0 Å². The second-order valence-corrected chi connectivity index (χ2v) is 7.41. The Bertz CT molecular complexity index is 1180. The number of nitrogens with zero attached hydrogens (tertiary/aromatic N) is 2. The molecule has 3 N–H and O–H groups in total. The Morgan fingerprint density at radius 2 is 1.77 bits per heavy atom. The molecule has 0 spiro atoms. The van der Waals surface area contributed by atoms with Gasteiger partial charge in [-0.25, -0.2) is 4.98 Å². The van der Waals surface area contributed by atoms with Gasteiger partial charge in [-0.3, -0.25) is 25.6 Å². The van der Waals surface area contributed by atoms with Crippen molar-refractivity contribution in [2.75, 3.05) is 12.1 Å². The molecule has 35 heavy (non-hydrogen) atoms. The van der Waals surface area contributed by atoms with Crippen molar-refractivity contribution in [3.05, 3.63) is 97.3 Å². The zero-order chi connectivity index (χ0) is 26.8. The van der Waals surface area contributed by atoms with Crippen LogP contribution in [0.15, 0.2) is 54.7 Å². The highest BCUT2D eigenvalue weighted by Gasteiger charge is 2.33. The fourth-order valence-corrected chi connectivity index (χ4v) is 2.90. The van der Waals surface area contributed by atoms with Gasteiger partial charge in [0.1, 0.15) is 11.3 Å². The standard InChI is InChI=1S/C12H8ClN3O4.C8H6ClF3.C2H6O/c13-7-5-9(15-18)11(14-6-7)12(17)8-3-1-2-4-10(8)16(19)20;1-5-2-3-7(9)6(4-5)8(10,11)12;1-2-3/h1-6,15,18H;2-4H,1H3;3H,2H2,1H3. The molecule has 3 aromatic rings. The van der Waals surface area contributed by atoms with E-state index in [2.05, 4.69) is 4.98 Å². The number of halogens is 5. The molecule has 0 unspecified atom stereocenters. The number of pyridine rings is 1. The van der Waals surface area contributed by atoms with Gasteiger partial charge < -0.3 is 5.11 Å². The zero-order valence-electron chi connectivity index (χ0n) is 18.3. The second kappa shape index (κ2) is 13.6. The van der Waals surface area contributed by atoms with Crippen LogP contribution in [-0.4, -0.2) is 32.6 Å². The summed E-state index contributed by atoms with van der Waals surface area (Å²) < 4.78 is 36.4. The number of hydrogen-bond acceptors (Lipinski definition) is 7. The van der Waals surface area contributed by atoms with E-state index in [-0.39, 0.29) is 39.3 Å². The third-order valence-corrected chi connectivity index (χ3v) is 4.50. The fourth-order valence-electron chi connectivity index (χ4n) is 2.51. The average molecular weight is 534 g/mol. The molecule has 13 heteroatoms. The summed E-state index contributed by atoms with van der Waals surface area (Å²) in [7, 11) is 0. The maximum absolute atomic E-state index is 12.3. The summed E-state index contributed by atoms with van der Waals surface area (Å²) in [5.74, 6) is -0.689. The average Bonchev–Trinajstić information content (AvgIpc) is 2.80. The number of carbonyl (C=O) groups is 1. The lowest BCUT2D eigenvalue weighted by Crippen LogP contribution is -2.10. The lowest BCUT2D eigenvalue weighted by atomic mass is 10.0. The van der Waals surface area contributed by atoms with Gasteiger partial charge in [-0.2, -0.15) is 13.2 Å². The monoisotopic (exact) mass is 533 g/mol. The van der Waals surface area contributed by atoms with Gasteiger partial charge in [0.2, 0.25) is 5.78 Å². The number of nitro benzene ring substituents is 1. The highest BCUT2D eigenvalue weighted by atomic mass is 35.5. The largest absolute Gasteiger partial charge is 0.417 e. The molecule has 0 radical (unpaired) electrons. The molecule has 2 aromatic carbocycles. The topological polar surface area (TPSA) is 126 Å². The van der Waals surface area contributed by atoms with Gasteiger partial charge in [-0.15, -0.1) is 0 Å². The van der Waals surface area contributed by atoms with Crippen molar-refractivity contribution in [2.45, 2.75) is 20.0 Å². The summed E-state index contributed by atoms with van der Waals surface area (Å²) in [4.78, 5) is 26.4. The number of para-hydroxylation sites is 1. The highest BCUT2D eigenvalue weighted by molar-refractivity contribution is 6.31. The summed E-state index contributed by atoms with van der Waals surface area (Å²) in [5, 5.41) is 27.4. The normalized spacial score (nSPS) is 10.3. The van der Waals surface area contributed by atoms with Gasteiger partial charge in [0.15, 0.2) is 0 Å². The third-order valence-electron chi connectivity index (χ3n) is 3.96. The minimum atomic E-state index is -4.36. The number of alkyl halides is 3. The molecule has 0 aliphatic heterocycles. The quantitative estimate of drug-likeness (QED) is 0.203. The number of rotatable bonds is 4. The number of aryl methyl sites for hydroxylation is 1. The SMILES string of the molecule is CCO.Cc1ccc(Cl)c(C(F)(F)F)c1.O=C(c1ccccc1[N+](=O)[O-])c1ncc(Cl)cc1NO. The molecule has 1 heterocycles. The number of ketones is 1. The first kappa shape index (κ1) is 29.8. The van der Waals surface area contributed by atoms with E-state index in [1.807, 2.05) is 0 Å². The molecule has 0 saturated heterocycles. The molecule has 8 nitrogen and oxygen atoms in total. The Morgan fingerprint density at radius 1 is 1.17 bits per heavy atom. The summed E-state index contributed by atoms with van der Waals surface area (Å²) in [6, 6.07) is 10.6. The number of nitrogens with one attached hydrogen (secondary N) is 1. The molecular formula is C22H20Cl2F3N3O5. The predicted octanol–water partition coefficient (Wildman–Crippen LogP) is 6.34. The summed E-state index contributed by atoms with van der Waals surface area (Å²) in [5.41, 5.74) is 0.927. The molecule has 0 bridgehead atoms. The number of nitro groups is 1. The number of aliphatic hydroxyl groups is 1. The molecule has 0 atom stereocenters. The Hall–Kier alpha value is -3.25. The molecule has 0 aliphatic carbocycles. The van der Waals surface area contributed by atoms with Crippen molar-refractivity contribution >= 4 is 40.4 Å². The van der Waals surface area contributed by atoms with Gasteiger partial charge in [-0.1, -0.05) is 47.0 Å². The van der Waals surface area contributed by atoms with Crippen LogP contribution < -0.4 is 5.48 Å². The number of hydrogen-bond donors (Lipinski definition) is 3. The molecule has 0 fully saturated rings. The number of aliphatic hydroxyl groups excluding tert-OH is 1. The number of benzene rings is 2. The van der Waals surface area contributed by atoms with E-state index >= 15 is 0 Å². The van der Waals surface area contributed by atoms with Crippen molar-refractivity contribution < 1.29 is 33.2 Å². The first-order valence-electron chi connectivity index (χ1n) is 9.65. The molecule has 188 valence electrons. The van der Waals surface area contributed by atoms with Crippen LogP contribution in [0.2, 0.25) is 10.0 Å². The van der Waals surface area contributed by atoms with Crippen molar-refractivity contribution in [2.24, 2.45) is 0 Å². The van der Waals surface area contributed by atoms with Crippen molar-refractivity contribution in [3.63, 3.8) is 0 Å². The second-order valence-electron chi connectivity index (χ2n) is 6.56. The Balaban J connectivity index is 0.000000347. The van der Waals surface area contributed by atoms with Crippen LogP contribution in [0.4, 0.5) is 24.5 Å². The highest BCUT2D eigenvalue weighted by Crippen LogP contribution is 2.34.